The molecule has 1 aliphatic heterocycles. The summed E-state index contributed by atoms with van der Waals surface area (Å²) in [7, 11) is 0. The van der Waals surface area contributed by atoms with Crippen LogP contribution < -0.4 is 10.5 Å². The third-order valence-corrected chi connectivity index (χ3v) is 4.24. The van der Waals surface area contributed by atoms with E-state index >= 15 is 0 Å². The van der Waals surface area contributed by atoms with Crippen LogP contribution in [0.2, 0.25) is 0 Å². The fraction of sp³-hybridized carbons (Fsp3) is 0.188. The van der Waals surface area contributed by atoms with Crippen molar-refractivity contribution in [1.82, 2.24) is 0 Å². The maximum Gasteiger partial charge on any atom is 0.405 e. The summed E-state index contributed by atoms with van der Waals surface area (Å²) in [6.07, 6.45) is -0.600. The predicted octanol–water partition coefficient (Wildman–Crippen LogP) is 3.90. The number of carbonyl (C=O) groups excluding carboxylic acids is 1. The van der Waals surface area contributed by atoms with Gasteiger partial charge in [0, 0.05) is 21.8 Å². The van der Waals surface area contributed by atoms with E-state index < -0.39 is 6.09 Å². The molecular weight excluding hydrogens is 305 g/mol. The monoisotopic (exact) mass is 319 g/mol. The van der Waals surface area contributed by atoms with Gasteiger partial charge in [0.2, 0.25) is 0 Å². The zero-order valence-corrected chi connectivity index (χ0v) is 12.4. The van der Waals surface area contributed by atoms with E-state index in [2.05, 4.69) is 0 Å². The Balaban J connectivity index is 1.83. The number of hydrogen-bond acceptors (Lipinski definition) is 4. The Hall–Kier alpha value is -2.21. The third kappa shape index (κ3) is 3.33. The van der Waals surface area contributed by atoms with E-state index in [1.807, 2.05) is 24.3 Å². The molecule has 0 saturated heterocycles. The SMILES string of the molecule is NC(=O)OC1CCOc2cc(Sc3cccc(F)c3)ccc21. The van der Waals surface area contributed by atoms with Crippen LogP contribution >= 0.6 is 11.8 Å². The zero-order chi connectivity index (χ0) is 15.5. The highest BCUT2D eigenvalue weighted by Gasteiger charge is 2.24. The smallest absolute Gasteiger partial charge is 0.405 e. The number of nitrogens with two attached hydrogens (primary N) is 1. The van der Waals surface area contributed by atoms with Crippen LogP contribution in [0.3, 0.4) is 0 Å². The van der Waals surface area contributed by atoms with Crippen molar-refractivity contribution < 1.29 is 18.7 Å². The van der Waals surface area contributed by atoms with Gasteiger partial charge in [0.15, 0.2) is 0 Å². The molecule has 0 radical (unpaired) electrons. The van der Waals surface area contributed by atoms with Crippen LogP contribution in [0.4, 0.5) is 9.18 Å². The van der Waals surface area contributed by atoms with Crippen molar-refractivity contribution in [1.29, 1.82) is 0 Å². The molecule has 2 aromatic rings. The van der Waals surface area contributed by atoms with Gasteiger partial charge in [0.25, 0.3) is 0 Å². The molecule has 0 spiro atoms. The first kappa shape index (κ1) is 14.7. The second kappa shape index (κ2) is 6.27. The number of ether oxygens (including phenoxy) is 2. The summed E-state index contributed by atoms with van der Waals surface area (Å²) < 4.78 is 23.9. The van der Waals surface area contributed by atoms with Crippen molar-refractivity contribution in [3.8, 4) is 5.75 Å². The van der Waals surface area contributed by atoms with Crippen LogP contribution in [-0.2, 0) is 4.74 Å². The van der Waals surface area contributed by atoms with Gasteiger partial charge in [-0.2, -0.15) is 0 Å². The van der Waals surface area contributed by atoms with Gasteiger partial charge in [-0.3, -0.25) is 0 Å². The minimum Gasteiger partial charge on any atom is -0.493 e. The second-order valence-corrected chi connectivity index (χ2v) is 5.97. The van der Waals surface area contributed by atoms with Gasteiger partial charge in [0.05, 0.1) is 6.61 Å². The average Bonchev–Trinajstić information content (AvgIpc) is 2.47. The largest absolute Gasteiger partial charge is 0.493 e. The van der Waals surface area contributed by atoms with E-state index in [0.29, 0.717) is 18.8 Å². The van der Waals surface area contributed by atoms with Crippen LogP contribution in [0.1, 0.15) is 18.1 Å². The molecule has 0 saturated carbocycles. The lowest BCUT2D eigenvalue weighted by molar-refractivity contribution is 0.0764. The topological polar surface area (TPSA) is 61.6 Å². The van der Waals surface area contributed by atoms with Crippen LogP contribution in [0.5, 0.6) is 5.75 Å². The van der Waals surface area contributed by atoms with Crippen LogP contribution in [-0.4, -0.2) is 12.7 Å². The number of carbonyl (C=O) groups is 1. The van der Waals surface area contributed by atoms with Crippen LogP contribution in [0.15, 0.2) is 52.3 Å². The molecule has 1 unspecified atom stereocenters. The minimum atomic E-state index is -0.795. The summed E-state index contributed by atoms with van der Waals surface area (Å²) in [5.74, 6) is 0.396. The Morgan fingerprint density at radius 2 is 2.09 bits per heavy atom. The van der Waals surface area contributed by atoms with E-state index in [0.717, 1.165) is 15.4 Å². The molecule has 0 aliphatic carbocycles. The lowest BCUT2D eigenvalue weighted by Gasteiger charge is -2.25. The number of primary amides is 1. The second-order valence-electron chi connectivity index (χ2n) is 4.82. The number of amides is 1. The van der Waals surface area contributed by atoms with Crippen molar-refractivity contribution in [2.45, 2.75) is 22.3 Å². The Kier molecular flexibility index (Phi) is 4.20. The lowest BCUT2D eigenvalue weighted by atomic mass is 10.0. The van der Waals surface area contributed by atoms with Gasteiger partial charge >= 0.3 is 6.09 Å². The first-order valence-corrected chi connectivity index (χ1v) is 7.60. The van der Waals surface area contributed by atoms with Gasteiger partial charge in [-0.15, -0.1) is 0 Å². The molecule has 0 fully saturated rings. The van der Waals surface area contributed by atoms with Crippen molar-refractivity contribution in [2.75, 3.05) is 6.61 Å². The molecule has 4 nitrogen and oxygen atoms in total. The van der Waals surface area contributed by atoms with Gasteiger partial charge in [0.1, 0.15) is 17.7 Å². The molecular formula is C16H14FNO3S. The van der Waals surface area contributed by atoms with E-state index in [1.54, 1.807) is 6.07 Å². The highest BCUT2D eigenvalue weighted by molar-refractivity contribution is 7.99. The lowest BCUT2D eigenvalue weighted by Crippen LogP contribution is -2.22. The number of benzene rings is 2. The summed E-state index contributed by atoms with van der Waals surface area (Å²) in [6, 6.07) is 12.0. The molecule has 1 atom stereocenters. The number of halogens is 1. The maximum absolute atomic E-state index is 13.2. The fourth-order valence-electron chi connectivity index (χ4n) is 2.33. The van der Waals surface area contributed by atoms with Crippen molar-refractivity contribution >= 4 is 17.9 Å². The molecule has 22 heavy (non-hydrogen) atoms. The fourth-order valence-corrected chi connectivity index (χ4v) is 3.22. The maximum atomic E-state index is 13.2. The van der Waals surface area contributed by atoms with E-state index in [-0.39, 0.29) is 11.9 Å². The molecule has 3 rings (SSSR count). The molecule has 0 bridgehead atoms. The summed E-state index contributed by atoms with van der Waals surface area (Å²) in [4.78, 5) is 12.7. The van der Waals surface area contributed by atoms with E-state index in [4.69, 9.17) is 15.2 Å². The summed E-state index contributed by atoms with van der Waals surface area (Å²) in [6.45, 7) is 0.457. The molecule has 2 N–H and O–H groups in total. The standard InChI is InChI=1S/C16H14FNO3S/c17-10-2-1-3-11(8-10)22-12-4-5-13-14(21-16(18)19)6-7-20-15(13)9-12/h1-5,8-9,14H,6-7H2,(H2,18,19). The van der Waals surface area contributed by atoms with Crippen molar-refractivity contribution in [2.24, 2.45) is 5.73 Å². The molecule has 1 heterocycles. The van der Waals surface area contributed by atoms with Gasteiger partial charge in [-0.1, -0.05) is 23.9 Å². The van der Waals surface area contributed by atoms with Crippen LogP contribution in [0.25, 0.3) is 0 Å². The minimum absolute atomic E-state index is 0.269. The number of hydrogen-bond donors (Lipinski definition) is 1. The normalized spacial score (nSPS) is 16.5. The Bertz CT molecular complexity index is 708. The molecule has 1 amide bonds. The summed E-state index contributed by atoms with van der Waals surface area (Å²) in [5.41, 5.74) is 5.88. The highest BCUT2D eigenvalue weighted by Crippen LogP contribution is 2.38. The zero-order valence-electron chi connectivity index (χ0n) is 11.6. The van der Waals surface area contributed by atoms with Crippen LogP contribution in [0, 0.1) is 5.82 Å². The number of rotatable bonds is 3. The summed E-state index contributed by atoms with van der Waals surface area (Å²) >= 11 is 1.44. The Labute approximate surface area is 131 Å². The van der Waals surface area contributed by atoms with Gasteiger partial charge < -0.3 is 15.2 Å². The third-order valence-electron chi connectivity index (χ3n) is 3.26. The summed E-state index contributed by atoms with van der Waals surface area (Å²) in [5, 5.41) is 0. The Morgan fingerprint density at radius 3 is 2.86 bits per heavy atom. The molecule has 1 aliphatic rings. The van der Waals surface area contributed by atoms with E-state index in [1.165, 1.54) is 23.9 Å². The first-order valence-electron chi connectivity index (χ1n) is 6.78. The Morgan fingerprint density at radius 1 is 1.27 bits per heavy atom. The highest BCUT2D eigenvalue weighted by atomic mass is 32.2. The van der Waals surface area contributed by atoms with Gasteiger partial charge in [-0.05, 0) is 30.3 Å². The molecule has 6 heteroatoms. The van der Waals surface area contributed by atoms with Gasteiger partial charge in [-0.25, -0.2) is 9.18 Å². The first-order chi connectivity index (χ1) is 10.6. The van der Waals surface area contributed by atoms with Crippen molar-refractivity contribution in [3.05, 3.63) is 53.8 Å². The average molecular weight is 319 g/mol. The van der Waals surface area contributed by atoms with E-state index in [9.17, 15) is 9.18 Å². The molecule has 0 aromatic heterocycles. The molecule has 114 valence electrons. The predicted molar refractivity (Wildman–Crippen MR) is 80.5 cm³/mol. The molecule has 2 aromatic carbocycles. The van der Waals surface area contributed by atoms with Crippen molar-refractivity contribution in [3.63, 3.8) is 0 Å². The number of fused-ring (bicyclic) bond motifs is 1. The quantitative estimate of drug-likeness (QED) is 0.932.